The number of aromatic hydroxyl groups is 1. The highest BCUT2D eigenvalue weighted by molar-refractivity contribution is 5.65. The van der Waals surface area contributed by atoms with E-state index in [9.17, 15) is 9.18 Å². The Morgan fingerprint density at radius 1 is 1.67 bits per heavy atom. The van der Waals surface area contributed by atoms with E-state index in [1.165, 1.54) is 18.2 Å². The van der Waals surface area contributed by atoms with Gasteiger partial charge in [0.25, 0.3) is 0 Å². The van der Waals surface area contributed by atoms with E-state index in [1.807, 2.05) is 5.48 Å². The Hall–Kier alpha value is -2.08. The van der Waals surface area contributed by atoms with Crippen LogP contribution in [0.15, 0.2) is 30.9 Å². The molecule has 98 valence electrons. The van der Waals surface area contributed by atoms with Crippen LogP contribution in [0.5, 0.6) is 5.75 Å². The number of carbonyl (C=O) groups excluding carboxylic acids is 1. The molecule has 0 fully saturated rings. The summed E-state index contributed by atoms with van der Waals surface area (Å²) in [7, 11) is 0. The highest BCUT2D eigenvalue weighted by atomic mass is 19.1. The molecule has 0 unspecified atom stereocenters. The number of halogens is 1. The standard InChI is InChI=1S/C12H14FNO4/c1-3-6-17-12(16)14-18-8(2)10-5-4-9(15)7-11(10)13/h3-5,7-8,15H,1,6H2,2H3,(H,14,16)/t8-/m1/s1. The number of phenols is 1. The van der Waals surface area contributed by atoms with Gasteiger partial charge in [0, 0.05) is 11.6 Å². The molecule has 1 rings (SSSR count). The van der Waals surface area contributed by atoms with E-state index in [0.29, 0.717) is 0 Å². The van der Waals surface area contributed by atoms with Gasteiger partial charge in [0.2, 0.25) is 0 Å². The molecule has 0 aromatic heterocycles. The van der Waals surface area contributed by atoms with Crippen molar-refractivity contribution < 1.29 is 23.9 Å². The number of hydrogen-bond donors (Lipinski definition) is 2. The molecule has 2 N–H and O–H groups in total. The van der Waals surface area contributed by atoms with Crippen LogP contribution in [0.25, 0.3) is 0 Å². The molecule has 5 nitrogen and oxygen atoms in total. The summed E-state index contributed by atoms with van der Waals surface area (Å²) in [5.74, 6) is -0.800. The normalized spacial score (nSPS) is 11.7. The monoisotopic (exact) mass is 255 g/mol. The maximum Gasteiger partial charge on any atom is 0.431 e. The number of rotatable bonds is 5. The first-order chi connectivity index (χ1) is 8.54. The number of phenolic OH excluding ortho intramolecular Hbond substituents is 1. The number of hydroxylamine groups is 1. The van der Waals surface area contributed by atoms with E-state index in [0.717, 1.165) is 6.07 Å². The predicted octanol–water partition coefficient (Wildman–Crippen LogP) is 2.44. The first-order valence-electron chi connectivity index (χ1n) is 5.22. The number of ether oxygens (including phenoxy) is 1. The topological polar surface area (TPSA) is 67.8 Å². The Labute approximate surface area is 104 Å². The molecule has 0 aliphatic heterocycles. The summed E-state index contributed by atoms with van der Waals surface area (Å²) in [6, 6.07) is 3.66. The largest absolute Gasteiger partial charge is 0.508 e. The summed E-state index contributed by atoms with van der Waals surface area (Å²) in [6.45, 7) is 4.97. The Balaban J connectivity index is 2.52. The van der Waals surface area contributed by atoms with Crippen molar-refractivity contribution in [1.29, 1.82) is 0 Å². The lowest BCUT2D eigenvalue weighted by atomic mass is 10.1. The van der Waals surface area contributed by atoms with Gasteiger partial charge < -0.3 is 9.84 Å². The van der Waals surface area contributed by atoms with E-state index < -0.39 is 18.0 Å². The zero-order valence-corrected chi connectivity index (χ0v) is 9.85. The van der Waals surface area contributed by atoms with Crippen LogP contribution in [0.4, 0.5) is 9.18 Å². The van der Waals surface area contributed by atoms with Crippen molar-refractivity contribution in [1.82, 2.24) is 5.48 Å². The van der Waals surface area contributed by atoms with Crippen LogP contribution in [0, 0.1) is 5.82 Å². The van der Waals surface area contributed by atoms with Crippen LogP contribution in [0.2, 0.25) is 0 Å². The third kappa shape index (κ3) is 4.06. The molecule has 6 heteroatoms. The van der Waals surface area contributed by atoms with Crippen molar-refractivity contribution >= 4 is 6.09 Å². The molecule has 1 atom stereocenters. The van der Waals surface area contributed by atoms with Gasteiger partial charge in [-0.2, -0.15) is 5.48 Å². The first kappa shape index (κ1) is 14.0. The third-order valence-corrected chi connectivity index (χ3v) is 2.07. The zero-order chi connectivity index (χ0) is 13.5. The number of benzene rings is 1. The lowest BCUT2D eigenvalue weighted by Crippen LogP contribution is -2.26. The summed E-state index contributed by atoms with van der Waals surface area (Å²) in [5.41, 5.74) is 2.22. The SMILES string of the molecule is C=CCOC(=O)NO[C@H](C)c1ccc(O)cc1F. The average molecular weight is 255 g/mol. The van der Waals surface area contributed by atoms with Gasteiger partial charge in [-0.15, -0.1) is 0 Å². The molecule has 0 radical (unpaired) electrons. The van der Waals surface area contributed by atoms with Gasteiger partial charge in [-0.1, -0.05) is 12.7 Å². The minimum absolute atomic E-state index is 0.0527. The van der Waals surface area contributed by atoms with Crippen molar-refractivity contribution in [3.8, 4) is 5.75 Å². The maximum atomic E-state index is 13.4. The van der Waals surface area contributed by atoms with Crippen LogP contribution < -0.4 is 5.48 Å². The maximum absolute atomic E-state index is 13.4. The predicted molar refractivity (Wildman–Crippen MR) is 62.2 cm³/mol. The summed E-state index contributed by atoms with van der Waals surface area (Å²) in [5, 5.41) is 9.05. The fourth-order valence-corrected chi connectivity index (χ4v) is 1.21. The molecule has 0 saturated carbocycles. The number of carbonyl (C=O) groups is 1. The fraction of sp³-hybridized carbons (Fsp3) is 0.250. The lowest BCUT2D eigenvalue weighted by Gasteiger charge is -2.14. The molecule has 0 aliphatic carbocycles. The van der Waals surface area contributed by atoms with E-state index in [2.05, 4.69) is 11.3 Å². The second-order valence-corrected chi connectivity index (χ2v) is 3.46. The summed E-state index contributed by atoms with van der Waals surface area (Å²) in [4.78, 5) is 16.0. The molecule has 1 aromatic rings. The van der Waals surface area contributed by atoms with Crippen molar-refractivity contribution in [3.05, 3.63) is 42.2 Å². The molecule has 18 heavy (non-hydrogen) atoms. The minimum atomic E-state index is -0.791. The smallest absolute Gasteiger partial charge is 0.431 e. The summed E-state index contributed by atoms with van der Waals surface area (Å²) < 4.78 is 18.0. The van der Waals surface area contributed by atoms with Crippen LogP contribution in [0.1, 0.15) is 18.6 Å². The molecular weight excluding hydrogens is 241 g/mol. The Kier molecular flexibility index (Phi) is 5.13. The molecule has 0 heterocycles. The quantitative estimate of drug-likeness (QED) is 0.626. The van der Waals surface area contributed by atoms with Gasteiger partial charge >= 0.3 is 6.09 Å². The zero-order valence-electron chi connectivity index (χ0n) is 9.85. The Morgan fingerprint density at radius 3 is 3.00 bits per heavy atom. The van der Waals surface area contributed by atoms with E-state index in [1.54, 1.807) is 6.92 Å². The summed E-state index contributed by atoms with van der Waals surface area (Å²) >= 11 is 0. The van der Waals surface area contributed by atoms with Crippen LogP contribution in [-0.2, 0) is 9.57 Å². The highest BCUT2D eigenvalue weighted by Crippen LogP contribution is 2.22. The van der Waals surface area contributed by atoms with Gasteiger partial charge in [-0.25, -0.2) is 9.18 Å². The highest BCUT2D eigenvalue weighted by Gasteiger charge is 2.13. The van der Waals surface area contributed by atoms with Gasteiger partial charge in [0.15, 0.2) is 0 Å². The molecular formula is C12H14FNO4. The Bertz CT molecular complexity index is 436. The van der Waals surface area contributed by atoms with E-state index >= 15 is 0 Å². The van der Waals surface area contributed by atoms with Gasteiger partial charge in [0.1, 0.15) is 24.3 Å². The summed E-state index contributed by atoms with van der Waals surface area (Å²) in [6.07, 6.45) is -0.106. The first-order valence-corrected chi connectivity index (χ1v) is 5.22. The number of nitrogens with one attached hydrogen (secondary N) is 1. The van der Waals surface area contributed by atoms with Crippen molar-refractivity contribution in [2.24, 2.45) is 0 Å². The minimum Gasteiger partial charge on any atom is -0.508 e. The average Bonchev–Trinajstić information content (AvgIpc) is 2.33. The molecule has 1 amide bonds. The Morgan fingerprint density at radius 2 is 2.39 bits per heavy atom. The molecule has 0 bridgehead atoms. The van der Waals surface area contributed by atoms with Crippen LogP contribution in [0.3, 0.4) is 0 Å². The second-order valence-electron chi connectivity index (χ2n) is 3.46. The van der Waals surface area contributed by atoms with Crippen molar-refractivity contribution in [3.63, 3.8) is 0 Å². The van der Waals surface area contributed by atoms with Gasteiger partial charge in [-0.3, -0.25) is 4.84 Å². The fourth-order valence-electron chi connectivity index (χ4n) is 1.21. The number of amides is 1. The van der Waals surface area contributed by atoms with Crippen molar-refractivity contribution in [2.45, 2.75) is 13.0 Å². The van der Waals surface area contributed by atoms with Gasteiger partial charge in [-0.05, 0) is 19.1 Å². The van der Waals surface area contributed by atoms with Crippen molar-refractivity contribution in [2.75, 3.05) is 6.61 Å². The van der Waals surface area contributed by atoms with Gasteiger partial charge in [0.05, 0.1) is 0 Å². The molecule has 0 aliphatic rings. The third-order valence-electron chi connectivity index (χ3n) is 2.07. The molecule has 0 spiro atoms. The molecule has 1 aromatic carbocycles. The second kappa shape index (κ2) is 6.61. The van der Waals surface area contributed by atoms with E-state index in [-0.39, 0.29) is 17.9 Å². The van der Waals surface area contributed by atoms with E-state index in [4.69, 9.17) is 9.94 Å². The van der Waals surface area contributed by atoms with Crippen LogP contribution in [-0.4, -0.2) is 17.8 Å². The van der Waals surface area contributed by atoms with Crippen LogP contribution >= 0.6 is 0 Å². The lowest BCUT2D eigenvalue weighted by molar-refractivity contribution is -0.0159. The molecule has 0 saturated heterocycles. The number of hydrogen-bond acceptors (Lipinski definition) is 4.